The second-order valence-electron chi connectivity index (χ2n) is 7.08. The summed E-state index contributed by atoms with van der Waals surface area (Å²) in [5.41, 5.74) is 0.881. The minimum Gasteiger partial charge on any atom is -0.462 e. The molecule has 2 rings (SSSR count). The Morgan fingerprint density at radius 3 is 2.19 bits per heavy atom. The zero-order chi connectivity index (χ0) is 19.3. The van der Waals surface area contributed by atoms with E-state index in [1.165, 1.54) is 0 Å². The Hall–Kier alpha value is -1.14. The summed E-state index contributed by atoms with van der Waals surface area (Å²) in [6.07, 6.45) is 3.15. The Labute approximate surface area is 166 Å². The SMILES string of the molecule is CCC(C)C(=O)OC1CCC(C(=O)OC(C)c2cc(S)cc(S)c2)CC1. The normalized spacial score (nSPS) is 22.3. The highest BCUT2D eigenvalue weighted by Crippen LogP contribution is 2.30. The van der Waals surface area contributed by atoms with E-state index in [9.17, 15) is 9.59 Å². The summed E-state index contributed by atoms with van der Waals surface area (Å²) >= 11 is 8.68. The molecule has 1 aromatic rings. The Morgan fingerprint density at radius 1 is 1.08 bits per heavy atom. The van der Waals surface area contributed by atoms with Gasteiger partial charge in [-0.3, -0.25) is 9.59 Å². The van der Waals surface area contributed by atoms with Crippen molar-refractivity contribution in [2.24, 2.45) is 11.8 Å². The molecule has 1 fully saturated rings. The summed E-state index contributed by atoms with van der Waals surface area (Å²) in [4.78, 5) is 25.9. The van der Waals surface area contributed by atoms with Gasteiger partial charge in [0.2, 0.25) is 0 Å². The van der Waals surface area contributed by atoms with Crippen LogP contribution in [0, 0.1) is 11.8 Å². The van der Waals surface area contributed by atoms with Crippen molar-refractivity contribution in [3.8, 4) is 0 Å². The van der Waals surface area contributed by atoms with Crippen LogP contribution in [-0.4, -0.2) is 18.0 Å². The second-order valence-corrected chi connectivity index (χ2v) is 8.11. The predicted molar refractivity (Wildman–Crippen MR) is 107 cm³/mol. The maximum absolute atomic E-state index is 12.5. The van der Waals surface area contributed by atoms with Crippen LogP contribution >= 0.6 is 25.3 Å². The lowest BCUT2D eigenvalue weighted by atomic mass is 9.87. The molecule has 144 valence electrons. The van der Waals surface area contributed by atoms with Gasteiger partial charge < -0.3 is 9.47 Å². The van der Waals surface area contributed by atoms with E-state index in [1.54, 1.807) is 0 Å². The maximum Gasteiger partial charge on any atom is 0.309 e. The van der Waals surface area contributed by atoms with E-state index in [2.05, 4.69) is 25.3 Å². The van der Waals surface area contributed by atoms with Crippen LogP contribution in [0.4, 0.5) is 0 Å². The van der Waals surface area contributed by atoms with Crippen LogP contribution in [0.5, 0.6) is 0 Å². The molecule has 0 N–H and O–H groups in total. The van der Waals surface area contributed by atoms with E-state index >= 15 is 0 Å². The first kappa shape index (κ1) is 21.2. The standard InChI is InChI=1S/C20H28O4S2/c1-4-12(2)19(21)24-16-7-5-14(6-8-16)20(22)23-13(3)15-9-17(25)11-18(26)10-15/h9-14,16,25-26H,4-8H2,1-3H3. The predicted octanol–water partition coefficient (Wildman–Crippen LogP) is 5.02. The number of thiol groups is 2. The third kappa shape index (κ3) is 5.95. The Balaban J connectivity index is 1.83. The van der Waals surface area contributed by atoms with Crippen LogP contribution in [0.3, 0.4) is 0 Å². The van der Waals surface area contributed by atoms with E-state index in [0.29, 0.717) is 25.7 Å². The Morgan fingerprint density at radius 2 is 1.65 bits per heavy atom. The molecule has 0 aliphatic heterocycles. The van der Waals surface area contributed by atoms with Crippen LogP contribution in [-0.2, 0) is 19.1 Å². The van der Waals surface area contributed by atoms with Crippen molar-refractivity contribution in [1.29, 1.82) is 0 Å². The fraction of sp³-hybridized carbons (Fsp3) is 0.600. The van der Waals surface area contributed by atoms with Crippen molar-refractivity contribution < 1.29 is 19.1 Å². The zero-order valence-corrected chi connectivity index (χ0v) is 17.4. The number of benzene rings is 1. The molecule has 1 aliphatic carbocycles. The molecule has 1 aliphatic rings. The number of ether oxygens (including phenoxy) is 2. The van der Waals surface area contributed by atoms with Gasteiger partial charge >= 0.3 is 11.9 Å². The number of esters is 2. The second kappa shape index (κ2) is 9.70. The summed E-state index contributed by atoms with van der Waals surface area (Å²) in [5.74, 6) is -0.528. The third-order valence-electron chi connectivity index (χ3n) is 4.99. The van der Waals surface area contributed by atoms with Crippen molar-refractivity contribution in [2.75, 3.05) is 0 Å². The zero-order valence-electron chi connectivity index (χ0n) is 15.6. The lowest BCUT2D eigenvalue weighted by Crippen LogP contribution is -2.30. The summed E-state index contributed by atoms with van der Waals surface area (Å²) in [6.45, 7) is 5.70. The van der Waals surface area contributed by atoms with E-state index in [0.717, 1.165) is 21.8 Å². The molecule has 0 bridgehead atoms. The fourth-order valence-corrected chi connectivity index (χ4v) is 3.73. The van der Waals surface area contributed by atoms with Crippen molar-refractivity contribution in [2.45, 2.75) is 74.9 Å². The van der Waals surface area contributed by atoms with Crippen molar-refractivity contribution in [1.82, 2.24) is 0 Å². The molecule has 0 heterocycles. The van der Waals surface area contributed by atoms with Gasteiger partial charge in [-0.05, 0) is 62.8 Å². The van der Waals surface area contributed by atoms with Crippen LogP contribution < -0.4 is 0 Å². The van der Waals surface area contributed by atoms with Crippen LogP contribution in [0.25, 0.3) is 0 Å². The van der Waals surface area contributed by atoms with Gasteiger partial charge in [0, 0.05) is 9.79 Å². The Bertz CT molecular complexity index is 618. The molecule has 4 nitrogen and oxygen atoms in total. The molecule has 6 heteroatoms. The molecule has 0 saturated heterocycles. The minimum absolute atomic E-state index is 0.0714. The first-order chi connectivity index (χ1) is 12.3. The molecule has 0 amide bonds. The quantitative estimate of drug-likeness (QED) is 0.524. The molecular weight excluding hydrogens is 368 g/mol. The molecule has 0 spiro atoms. The van der Waals surface area contributed by atoms with Gasteiger partial charge in [-0.15, -0.1) is 25.3 Å². The number of carbonyl (C=O) groups excluding carboxylic acids is 2. The van der Waals surface area contributed by atoms with Gasteiger partial charge in [0.05, 0.1) is 11.8 Å². The van der Waals surface area contributed by atoms with Crippen molar-refractivity contribution >= 4 is 37.2 Å². The molecule has 0 aromatic heterocycles. The van der Waals surface area contributed by atoms with Crippen LogP contribution in [0.15, 0.2) is 28.0 Å². The first-order valence-electron chi connectivity index (χ1n) is 9.24. The van der Waals surface area contributed by atoms with Gasteiger partial charge in [-0.25, -0.2) is 0 Å². The molecule has 1 aromatic carbocycles. The van der Waals surface area contributed by atoms with Crippen molar-refractivity contribution in [3.05, 3.63) is 23.8 Å². The topological polar surface area (TPSA) is 52.6 Å². The van der Waals surface area contributed by atoms with Crippen molar-refractivity contribution in [3.63, 3.8) is 0 Å². The van der Waals surface area contributed by atoms with E-state index in [1.807, 2.05) is 39.0 Å². The van der Waals surface area contributed by atoms with Gasteiger partial charge in [0.25, 0.3) is 0 Å². The van der Waals surface area contributed by atoms with Gasteiger partial charge in [0.1, 0.15) is 12.2 Å². The number of hydrogen-bond donors (Lipinski definition) is 2. The highest BCUT2D eigenvalue weighted by Gasteiger charge is 2.30. The lowest BCUT2D eigenvalue weighted by molar-refractivity contribution is -0.159. The highest BCUT2D eigenvalue weighted by molar-refractivity contribution is 7.81. The first-order valence-corrected chi connectivity index (χ1v) is 10.1. The number of carbonyl (C=O) groups is 2. The highest BCUT2D eigenvalue weighted by atomic mass is 32.1. The third-order valence-corrected chi connectivity index (χ3v) is 5.51. The monoisotopic (exact) mass is 396 g/mol. The maximum atomic E-state index is 12.5. The molecule has 2 atom stereocenters. The van der Waals surface area contributed by atoms with E-state index in [-0.39, 0.29) is 36.0 Å². The van der Waals surface area contributed by atoms with Gasteiger partial charge in [-0.1, -0.05) is 13.8 Å². The lowest BCUT2D eigenvalue weighted by Gasteiger charge is -2.28. The number of rotatable bonds is 6. The molecule has 1 saturated carbocycles. The molecule has 26 heavy (non-hydrogen) atoms. The average molecular weight is 397 g/mol. The summed E-state index contributed by atoms with van der Waals surface area (Å²) in [7, 11) is 0. The summed E-state index contributed by atoms with van der Waals surface area (Å²) < 4.78 is 11.2. The molecular formula is C20H28O4S2. The average Bonchev–Trinajstić information content (AvgIpc) is 2.60. The Kier molecular flexibility index (Phi) is 7.89. The fourth-order valence-electron chi connectivity index (χ4n) is 3.05. The summed E-state index contributed by atoms with van der Waals surface area (Å²) in [5, 5.41) is 0. The van der Waals surface area contributed by atoms with E-state index < -0.39 is 0 Å². The molecule has 0 radical (unpaired) electrons. The van der Waals surface area contributed by atoms with Gasteiger partial charge in [0.15, 0.2) is 0 Å². The smallest absolute Gasteiger partial charge is 0.309 e. The van der Waals surface area contributed by atoms with Gasteiger partial charge in [-0.2, -0.15) is 0 Å². The number of hydrogen-bond acceptors (Lipinski definition) is 6. The largest absolute Gasteiger partial charge is 0.462 e. The van der Waals surface area contributed by atoms with Crippen LogP contribution in [0.2, 0.25) is 0 Å². The summed E-state index contributed by atoms with van der Waals surface area (Å²) in [6, 6.07) is 5.60. The minimum atomic E-state index is -0.346. The molecule has 2 unspecified atom stereocenters. The van der Waals surface area contributed by atoms with E-state index in [4.69, 9.17) is 9.47 Å². The van der Waals surface area contributed by atoms with Crippen LogP contribution in [0.1, 0.15) is 64.5 Å².